The van der Waals surface area contributed by atoms with Gasteiger partial charge in [-0.15, -0.1) is 11.3 Å². The molecule has 0 aliphatic rings. The molecule has 0 spiro atoms. The molecule has 2 aromatic carbocycles. The van der Waals surface area contributed by atoms with E-state index in [1.54, 1.807) is 66.1 Å². The van der Waals surface area contributed by atoms with Crippen molar-refractivity contribution in [1.82, 2.24) is 5.32 Å². The molecular formula is C24H22N2O5S. The summed E-state index contributed by atoms with van der Waals surface area (Å²) < 4.78 is 10.6. The number of methoxy groups -OCH3 is 2. The van der Waals surface area contributed by atoms with Gasteiger partial charge in [-0.25, -0.2) is 0 Å². The Morgan fingerprint density at radius 1 is 0.938 bits per heavy atom. The van der Waals surface area contributed by atoms with Crippen molar-refractivity contribution in [2.45, 2.75) is 6.92 Å². The summed E-state index contributed by atoms with van der Waals surface area (Å²) in [7, 11) is 3.05. The van der Waals surface area contributed by atoms with Gasteiger partial charge in [-0.05, 0) is 66.4 Å². The summed E-state index contributed by atoms with van der Waals surface area (Å²) in [5, 5.41) is 7.20. The number of amides is 2. The molecule has 3 aromatic rings. The van der Waals surface area contributed by atoms with Gasteiger partial charge in [0.05, 0.1) is 19.1 Å². The van der Waals surface area contributed by atoms with Crippen molar-refractivity contribution < 1.29 is 23.9 Å². The number of nitrogens with one attached hydrogen (secondary N) is 2. The van der Waals surface area contributed by atoms with Crippen molar-refractivity contribution in [3.63, 3.8) is 0 Å². The highest BCUT2D eigenvalue weighted by atomic mass is 32.1. The minimum absolute atomic E-state index is 0.0475. The van der Waals surface area contributed by atoms with Crippen LogP contribution in [0, 0.1) is 0 Å². The molecule has 0 saturated heterocycles. The highest BCUT2D eigenvalue weighted by Crippen LogP contribution is 2.28. The van der Waals surface area contributed by atoms with Crippen molar-refractivity contribution in [3.05, 3.63) is 81.7 Å². The number of thiophene rings is 1. The lowest BCUT2D eigenvalue weighted by atomic mass is 10.1. The monoisotopic (exact) mass is 450 g/mol. The minimum atomic E-state index is -0.514. The summed E-state index contributed by atoms with van der Waals surface area (Å²) in [6, 6.07) is 15.1. The van der Waals surface area contributed by atoms with E-state index < -0.39 is 11.8 Å². The Morgan fingerprint density at radius 2 is 1.66 bits per heavy atom. The third-order valence-corrected chi connectivity index (χ3v) is 5.37. The number of carbonyl (C=O) groups is 3. The number of rotatable bonds is 8. The molecule has 0 aliphatic carbocycles. The maximum Gasteiger partial charge on any atom is 0.272 e. The lowest BCUT2D eigenvalue weighted by molar-refractivity contribution is -0.113. The third kappa shape index (κ3) is 5.61. The zero-order valence-corrected chi connectivity index (χ0v) is 18.6. The van der Waals surface area contributed by atoms with Gasteiger partial charge in [0.2, 0.25) is 0 Å². The molecule has 8 heteroatoms. The van der Waals surface area contributed by atoms with Crippen LogP contribution in [0.1, 0.15) is 32.5 Å². The van der Waals surface area contributed by atoms with Crippen molar-refractivity contribution in [3.8, 4) is 11.5 Å². The maximum absolute atomic E-state index is 13.0. The third-order valence-electron chi connectivity index (χ3n) is 4.51. The number of ketones is 1. The van der Waals surface area contributed by atoms with Gasteiger partial charge >= 0.3 is 0 Å². The average Bonchev–Trinajstić information content (AvgIpc) is 3.34. The molecule has 0 fully saturated rings. The summed E-state index contributed by atoms with van der Waals surface area (Å²) in [6.07, 6.45) is 1.55. The molecule has 0 unspecified atom stereocenters. The van der Waals surface area contributed by atoms with E-state index in [1.165, 1.54) is 32.5 Å². The molecule has 3 rings (SSSR count). The van der Waals surface area contributed by atoms with E-state index in [-0.39, 0.29) is 11.5 Å². The van der Waals surface area contributed by atoms with E-state index in [9.17, 15) is 14.4 Å². The number of hydrogen-bond acceptors (Lipinski definition) is 6. The molecule has 7 nitrogen and oxygen atoms in total. The Morgan fingerprint density at radius 3 is 2.25 bits per heavy atom. The first-order valence-corrected chi connectivity index (χ1v) is 10.5. The highest BCUT2D eigenvalue weighted by Gasteiger charge is 2.16. The molecule has 2 amide bonds. The van der Waals surface area contributed by atoms with Crippen LogP contribution in [0.4, 0.5) is 5.69 Å². The van der Waals surface area contributed by atoms with Crippen LogP contribution in [0.15, 0.2) is 65.7 Å². The molecule has 164 valence electrons. The Kier molecular flexibility index (Phi) is 7.41. The first kappa shape index (κ1) is 22.8. The summed E-state index contributed by atoms with van der Waals surface area (Å²) in [5.41, 5.74) is 1.70. The second kappa shape index (κ2) is 10.4. The molecular weight excluding hydrogens is 428 g/mol. The van der Waals surface area contributed by atoms with Crippen LogP contribution in [-0.2, 0) is 4.79 Å². The number of carbonyl (C=O) groups excluding carboxylic acids is 3. The molecule has 0 atom stereocenters. The first-order valence-electron chi connectivity index (χ1n) is 9.62. The molecule has 0 saturated carbocycles. The van der Waals surface area contributed by atoms with Crippen LogP contribution in [0.3, 0.4) is 0 Å². The van der Waals surface area contributed by atoms with E-state index in [0.717, 1.165) is 0 Å². The fourth-order valence-corrected chi connectivity index (χ4v) is 3.46. The summed E-state index contributed by atoms with van der Waals surface area (Å²) >= 11 is 1.27. The van der Waals surface area contributed by atoms with Crippen molar-refractivity contribution in [2.75, 3.05) is 19.5 Å². The van der Waals surface area contributed by atoms with Gasteiger partial charge in [0.15, 0.2) is 17.3 Å². The zero-order chi connectivity index (χ0) is 23.1. The normalized spacial score (nSPS) is 10.9. The molecule has 1 aromatic heterocycles. The molecule has 2 N–H and O–H groups in total. The van der Waals surface area contributed by atoms with Crippen LogP contribution in [0.25, 0.3) is 6.08 Å². The van der Waals surface area contributed by atoms with Gasteiger partial charge in [0.25, 0.3) is 11.8 Å². The van der Waals surface area contributed by atoms with E-state index in [1.807, 2.05) is 0 Å². The largest absolute Gasteiger partial charge is 0.493 e. The number of Topliss-reactive ketones (excluding diaryl/α,β-unsaturated/α-hetero) is 1. The number of benzene rings is 2. The van der Waals surface area contributed by atoms with E-state index >= 15 is 0 Å². The average molecular weight is 451 g/mol. The minimum Gasteiger partial charge on any atom is -0.493 e. The number of hydrogen-bond donors (Lipinski definition) is 2. The van der Waals surface area contributed by atoms with Crippen molar-refractivity contribution in [1.29, 1.82) is 0 Å². The zero-order valence-electron chi connectivity index (χ0n) is 17.8. The van der Waals surface area contributed by atoms with E-state index in [0.29, 0.717) is 33.2 Å². The SMILES string of the molecule is COc1ccc(/C=C(/NC(=O)c2cccs2)C(=O)Nc2ccc(C(C)=O)cc2)cc1OC. The van der Waals surface area contributed by atoms with Gasteiger partial charge in [-0.1, -0.05) is 12.1 Å². The molecule has 1 heterocycles. The topological polar surface area (TPSA) is 93.7 Å². The van der Waals surface area contributed by atoms with E-state index in [4.69, 9.17) is 9.47 Å². The summed E-state index contributed by atoms with van der Waals surface area (Å²) in [6.45, 7) is 1.47. The van der Waals surface area contributed by atoms with Gasteiger partial charge in [0, 0.05) is 11.3 Å². The summed E-state index contributed by atoms with van der Waals surface area (Å²) in [4.78, 5) is 37.5. The Bertz CT molecular complexity index is 1150. The predicted molar refractivity (Wildman–Crippen MR) is 124 cm³/mol. The fraction of sp³-hybridized carbons (Fsp3) is 0.125. The van der Waals surface area contributed by atoms with Crippen LogP contribution >= 0.6 is 11.3 Å². The van der Waals surface area contributed by atoms with Crippen LogP contribution in [0.2, 0.25) is 0 Å². The van der Waals surface area contributed by atoms with Gasteiger partial charge in [-0.2, -0.15) is 0 Å². The van der Waals surface area contributed by atoms with Crippen LogP contribution in [-0.4, -0.2) is 31.8 Å². The first-order chi connectivity index (χ1) is 15.4. The Balaban J connectivity index is 1.90. The summed E-state index contributed by atoms with van der Waals surface area (Å²) in [5.74, 6) is 0.0587. The van der Waals surface area contributed by atoms with Crippen LogP contribution in [0.5, 0.6) is 11.5 Å². The standard InChI is InChI=1S/C24H22N2O5S/c1-15(27)17-7-9-18(10-8-17)25-23(28)19(26-24(29)22-5-4-12-32-22)13-16-6-11-20(30-2)21(14-16)31-3/h4-14H,1-3H3,(H,25,28)(H,26,29)/b19-13+. The second-order valence-corrected chi connectivity index (χ2v) is 7.64. The second-order valence-electron chi connectivity index (χ2n) is 6.69. The molecule has 0 radical (unpaired) electrons. The maximum atomic E-state index is 13.0. The van der Waals surface area contributed by atoms with E-state index in [2.05, 4.69) is 10.6 Å². The highest BCUT2D eigenvalue weighted by molar-refractivity contribution is 7.12. The van der Waals surface area contributed by atoms with Crippen molar-refractivity contribution >= 4 is 40.7 Å². The van der Waals surface area contributed by atoms with Gasteiger partial charge in [-0.3, -0.25) is 14.4 Å². The van der Waals surface area contributed by atoms with Gasteiger partial charge < -0.3 is 20.1 Å². The molecule has 0 aliphatic heterocycles. The lowest BCUT2D eigenvalue weighted by Gasteiger charge is -2.12. The quantitative estimate of drug-likeness (QED) is 0.392. The molecule has 0 bridgehead atoms. The smallest absolute Gasteiger partial charge is 0.272 e. The Labute approximate surface area is 189 Å². The number of ether oxygens (including phenoxy) is 2. The number of anilines is 1. The fourth-order valence-electron chi connectivity index (χ4n) is 2.85. The van der Waals surface area contributed by atoms with Gasteiger partial charge in [0.1, 0.15) is 5.70 Å². The van der Waals surface area contributed by atoms with Crippen molar-refractivity contribution in [2.24, 2.45) is 0 Å². The molecule has 32 heavy (non-hydrogen) atoms. The Hall–Kier alpha value is -3.91. The van der Waals surface area contributed by atoms with Crippen LogP contribution < -0.4 is 20.1 Å². The lowest BCUT2D eigenvalue weighted by Crippen LogP contribution is -2.30. The predicted octanol–water partition coefficient (Wildman–Crippen LogP) is 4.38.